The summed E-state index contributed by atoms with van der Waals surface area (Å²) in [6.45, 7) is 15.8. The monoisotopic (exact) mass is 299 g/mol. The Morgan fingerprint density at radius 1 is 0.895 bits per heavy atom. The second kappa shape index (κ2) is 14.6. The Labute approximate surface area is 119 Å². The molecular weight excluding hydrogens is 284 g/mol. The fraction of sp³-hybridized carbons (Fsp3) is 0.267. The fourth-order valence-electron chi connectivity index (χ4n) is 1.62. The zero-order valence-corrected chi connectivity index (χ0v) is 11.8. The van der Waals surface area contributed by atoms with Gasteiger partial charge in [0.15, 0.2) is 0 Å². The van der Waals surface area contributed by atoms with Gasteiger partial charge in [-0.15, -0.1) is 0 Å². The van der Waals surface area contributed by atoms with Gasteiger partial charge in [-0.3, -0.25) is 14.4 Å². The molecule has 0 saturated carbocycles. The maximum atomic E-state index is 7.50. The van der Waals surface area contributed by atoms with Crippen molar-refractivity contribution in [2.75, 3.05) is 0 Å². The van der Waals surface area contributed by atoms with Crippen LogP contribution in [0, 0.1) is 0 Å². The van der Waals surface area contributed by atoms with Crippen LogP contribution in [0.2, 0.25) is 5.32 Å². The first-order valence-corrected chi connectivity index (χ1v) is 7.24. The molecule has 6 radical (unpaired) electrons. The summed E-state index contributed by atoms with van der Waals surface area (Å²) in [4.78, 5) is 22.5. The zero-order valence-electron chi connectivity index (χ0n) is 10.7. The normalized spacial score (nSPS) is 14.7. The van der Waals surface area contributed by atoms with Gasteiger partial charge in [0.2, 0.25) is 0 Å². The molecule has 0 N–H and O–H groups in total. The van der Waals surface area contributed by atoms with E-state index in [4.69, 9.17) is 14.4 Å². The predicted octanol–water partition coefficient (Wildman–Crippen LogP) is 2.54. The molecule has 0 amide bonds. The van der Waals surface area contributed by atoms with Crippen LogP contribution >= 0.6 is 0 Å². The minimum absolute atomic E-state index is 0.153. The first-order chi connectivity index (χ1) is 9.42. The Hall–Kier alpha value is -1.51. The largest absolute Gasteiger partial charge is 0.281 e. The summed E-state index contributed by atoms with van der Waals surface area (Å²) in [6, 6.07) is 0. The third-order valence-corrected chi connectivity index (χ3v) is 5.54. The van der Waals surface area contributed by atoms with E-state index in [9.17, 15) is 0 Å². The summed E-state index contributed by atoms with van der Waals surface area (Å²) in [5.74, 6) is 0. The SMILES string of the molecule is C[CH2][Fe]([C]1=CC=CC1)[C]1=CC=CC1.[C]=O.[C]=O.[C]=O. The Morgan fingerprint density at radius 3 is 1.47 bits per heavy atom. The number of allylic oxidation sites excluding steroid dienone is 8. The van der Waals surface area contributed by atoms with Crippen LogP contribution in [-0.2, 0) is 28.3 Å². The molecule has 0 fully saturated rings. The maximum absolute atomic E-state index is 7.50. The summed E-state index contributed by atoms with van der Waals surface area (Å²) in [6.07, 6.45) is 16.0. The van der Waals surface area contributed by atoms with Gasteiger partial charge in [0.05, 0.1) is 0 Å². The third-order valence-electron chi connectivity index (χ3n) is 2.23. The van der Waals surface area contributed by atoms with Crippen molar-refractivity contribution in [2.24, 2.45) is 0 Å². The third kappa shape index (κ3) is 6.84. The Balaban J connectivity index is 0. The van der Waals surface area contributed by atoms with Crippen LogP contribution in [0.5, 0.6) is 0 Å². The first-order valence-electron chi connectivity index (χ1n) is 5.36. The second-order valence-electron chi connectivity index (χ2n) is 3.05. The van der Waals surface area contributed by atoms with Crippen molar-refractivity contribution in [3.05, 3.63) is 45.4 Å². The molecule has 0 spiro atoms. The molecule has 101 valence electrons. The van der Waals surface area contributed by atoms with Crippen molar-refractivity contribution < 1.29 is 28.3 Å². The minimum Gasteiger partial charge on any atom is -0.281 e. The topological polar surface area (TPSA) is 51.2 Å². The van der Waals surface area contributed by atoms with E-state index in [2.05, 4.69) is 63.7 Å². The van der Waals surface area contributed by atoms with E-state index in [-0.39, 0.29) is 13.9 Å². The molecule has 2 aliphatic rings. The summed E-state index contributed by atoms with van der Waals surface area (Å²) in [7, 11) is 0. The molecule has 2 aliphatic carbocycles. The number of hydrogen-bond donors (Lipinski definition) is 0. The van der Waals surface area contributed by atoms with E-state index in [0.29, 0.717) is 0 Å². The van der Waals surface area contributed by atoms with Gasteiger partial charge in [0.1, 0.15) is 0 Å². The average Bonchev–Trinajstić information content (AvgIpc) is 3.20. The van der Waals surface area contributed by atoms with Gasteiger partial charge in [-0.2, -0.15) is 0 Å². The number of hydrogen-bond acceptors (Lipinski definition) is 3. The Morgan fingerprint density at radius 2 is 1.26 bits per heavy atom. The smallest absolute Gasteiger partial charge is 0.281 e. The quantitative estimate of drug-likeness (QED) is 0.752. The molecule has 0 aromatic heterocycles. The number of carbonyl (C=O) groups excluding carboxylic acids is 3. The fourth-order valence-corrected chi connectivity index (χ4v) is 4.53. The summed E-state index contributed by atoms with van der Waals surface area (Å²) in [5.41, 5.74) is 0. The standard InChI is InChI=1S/2C5H5.C2H5.3CO.Fe/c2*1-2-4-5-3-1;4*1-2;/h2*1-3H,4H2;1H2,2H3;;;;. The van der Waals surface area contributed by atoms with Crippen LogP contribution in [0.15, 0.2) is 45.4 Å². The van der Waals surface area contributed by atoms with Gasteiger partial charge in [0.25, 0.3) is 20.4 Å². The van der Waals surface area contributed by atoms with Crippen LogP contribution in [0.3, 0.4) is 0 Å². The van der Waals surface area contributed by atoms with Crippen molar-refractivity contribution in [2.45, 2.75) is 25.1 Å². The number of rotatable bonds is 3. The Bertz CT molecular complexity index is 322. The van der Waals surface area contributed by atoms with Gasteiger partial charge < -0.3 is 0 Å². The van der Waals surface area contributed by atoms with E-state index in [1.54, 1.807) is 8.94 Å². The van der Waals surface area contributed by atoms with Crippen LogP contribution in [-0.4, -0.2) is 20.4 Å². The minimum atomic E-state index is -0.153. The summed E-state index contributed by atoms with van der Waals surface area (Å²) >= 11 is -0.153. The molecule has 0 atom stereocenters. The van der Waals surface area contributed by atoms with E-state index in [0.717, 1.165) is 0 Å². The molecule has 0 aromatic rings. The predicted molar refractivity (Wildman–Crippen MR) is 71.2 cm³/mol. The van der Waals surface area contributed by atoms with Crippen molar-refractivity contribution in [1.29, 1.82) is 0 Å². The molecular formula is C15H15FeO3. The Kier molecular flexibility index (Phi) is 15.2. The summed E-state index contributed by atoms with van der Waals surface area (Å²) in [5, 5.41) is 1.32. The van der Waals surface area contributed by atoms with E-state index >= 15 is 0 Å². The van der Waals surface area contributed by atoms with Gasteiger partial charge in [-0.25, -0.2) is 0 Å². The molecule has 19 heavy (non-hydrogen) atoms. The van der Waals surface area contributed by atoms with Crippen LogP contribution in [0.1, 0.15) is 19.8 Å². The van der Waals surface area contributed by atoms with Crippen LogP contribution < -0.4 is 0 Å². The van der Waals surface area contributed by atoms with Crippen LogP contribution in [0.4, 0.5) is 0 Å². The molecule has 4 heteroatoms. The van der Waals surface area contributed by atoms with Gasteiger partial charge in [0, 0.05) is 0 Å². The van der Waals surface area contributed by atoms with Crippen molar-refractivity contribution >= 4 is 20.4 Å². The molecule has 2 rings (SSSR count). The maximum Gasteiger partial charge on any atom is 0.281 e. The second-order valence-corrected chi connectivity index (χ2v) is 6.30. The summed E-state index contributed by atoms with van der Waals surface area (Å²) < 4.78 is 3.36. The first kappa shape index (κ1) is 19.8. The van der Waals surface area contributed by atoms with Gasteiger partial charge in [-0.1, -0.05) is 0 Å². The van der Waals surface area contributed by atoms with Crippen molar-refractivity contribution in [3.63, 3.8) is 0 Å². The molecule has 0 saturated heterocycles. The van der Waals surface area contributed by atoms with Crippen LogP contribution in [0.25, 0.3) is 0 Å². The van der Waals surface area contributed by atoms with Crippen molar-refractivity contribution in [3.8, 4) is 0 Å². The molecule has 0 heterocycles. The average molecular weight is 299 g/mol. The molecule has 0 aliphatic heterocycles. The van der Waals surface area contributed by atoms with Gasteiger partial charge in [-0.05, 0) is 0 Å². The molecule has 0 aromatic carbocycles. The van der Waals surface area contributed by atoms with E-state index in [1.807, 2.05) is 0 Å². The van der Waals surface area contributed by atoms with Gasteiger partial charge >= 0.3 is 84.4 Å². The zero-order chi connectivity index (χ0) is 15.1. The molecule has 0 unspecified atom stereocenters. The van der Waals surface area contributed by atoms with E-state index in [1.165, 1.54) is 18.2 Å². The van der Waals surface area contributed by atoms with Crippen molar-refractivity contribution in [1.82, 2.24) is 0 Å². The molecule has 0 bridgehead atoms. The van der Waals surface area contributed by atoms with E-state index < -0.39 is 0 Å². The molecule has 3 nitrogen and oxygen atoms in total.